The Morgan fingerprint density at radius 1 is 1.28 bits per heavy atom. The minimum atomic E-state index is 0.232. The van der Waals surface area contributed by atoms with Crippen molar-refractivity contribution in [1.29, 1.82) is 0 Å². The Balaban J connectivity index is 1.54. The van der Waals surface area contributed by atoms with Crippen LogP contribution >= 0.6 is 23.2 Å². The highest BCUT2D eigenvalue weighted by atomic mass is 35.5. The van der Waals surface area contributed by atoms with Crippen molar-refractivity contribution in [1.82, 2.24) is 14.8 Å². The number of pyridine rings is 1. The molecule has 3 aromatic rings. The van der Waals surface area contributed by atoms with E-state index in [1.54, 1.807) is 6.20 Å². The standard InChI is InChI=1S/C22H21Cl2N3O2/c1-3-13(2)27-22-19(21(24)26-27)8-14(10-25-22)12-29-17-6-7-18-15(9-17)4-5-16(11-28)20(18)23/h6-11,13H,3-5,12H2,1-2H3. The molecule has 1 atom stereocenters. The van der Waals surface area contributed by atoms with E-state index in [1.807, 2.05) is 28.9 Å². The van der Waals surface area contributed by atoms with E-state index in [4.69, 9.17) is 27.9 Å². The third-order valence-corrected chi connectivity index (χ3v) is 6.10. The van der Waals surface area contributed by atoms with Crippen LogP contribution in [-0.2, 0) is 17.8 Å². The van der Waals surface area contributed by atoms with Gasteiger partial charge in [0.05, 0.1) is 16.5 Å². The number of aryl methyl sites for hydroxylation is 1. The maximum absolute atomic E-state index is 11.1. The Hall–Kier alpha value is -2.37. The van der Waals surface area contributed by atoms with Crippen molar-refractivity contribution in [2.24, 2.45) is 0 Å². The van der Waals surface area contributed by atoms with Crippen molar-refractivity contribution in [3.63, 3.8) is 0 Å². The predicted octanol–water partition coefficient (Wildman–Crippen LogP) is 5.73. The third-order valence-electron chi connectivity index (χ3n) is 5.37. The molecule has 0 radical (unpaired) electrons. The first kappa shape index (κ1) is 19.9. The number of carbonyl (C=O) groups excluding carboxylic acids is 1. The molecule has 0 bridgehead atoms. The second-order valence-corrected chi connectivity index (χ2v) is 8.01. The fraction of sp³-hybridized carbons (Fsp3) is 0.318. The molecule has 0 fully saturated rings. The highest BCUT2D eigenvalue weighted by Gasteiger charge is 2.18. The summed E-state index contributed by atoms with van der Waals surface area (Å²) >= 11 is 12.7. The number of nitrogens with zero attached hydrogens (tertiary/aromatic N) is 3. The van der Waals surface area contributed by atoms with Crippen molar-refractivity contribution in [3.8, 4) is 5.75 Å². The second kappa shape index (κ2) is 8.17. The average Bonchev–Trinajstić information content (AvgIpc) is 3.08. The van der Waals surface area contributed by atoms with Crippen LogP contribution in [0.15, 0.2) is 36.0 Å². The van der Waals surface area contributed by atoms with E-state index in [2.05, 4.69) is 23.9 Å². The molecule has 4 rings (SSSR count). The molecule has 1 aromatic carbocycles. The lowest BCUT2D eigenvalue weighted by Gasteiger charge is -2.18. The van der Waals surface area contributed by atoms with Gasteiger partial charge in [0.1, 0.15) is 18.6 Å². The number of hydrogen-bond donors (Lipinski definition) is 0. The molecule has 1 aliphatic carbocycles. The molecule has 2 heterocycles. The molecular formula is C22H21Cl2N3O2. The average molecular weight is 430 g/mol. The molecule has 1 unspecified atom stereocenters. The highest BCUT2D eigenvalue weighted by Crippen LogP contribution is 2.35. The molecule has 29 heavy (non-hydrogen) atoms. The predicted molar refractivity (Wildman–Crippen MR) is 115 cm³/mol. The van der Waals surface area contributed by atoms with Gasteiger partial charge in [0.2, 0.25) is 0 Å². The van der Waals surface area contributed by atoms with Crippen molar-refractivity contribution >= 4 is 45.6 Å². The molecule has 0 saturated carbocycles. The molecule has 2 aromatic heterocycles. The molecule has 0 saturated heterocycles. The van der Waals surface area contributed by atoms with Crippen LogP contribution in [0.1, 0.15) is 49.4 Å². The van der Waals surface area contributed by atoms with Gasteiger partial charge in [-0.15, -0.1) is 0 Å². The van der Waals surface area contributed by atoms with Crippen molar-refractivity contribution in [2.75, 3.05) is 0 Å². The minimum Gasteiger partial charge on any atom is -0.489 e. The van der Waals surface area contributed by atoms with Crippen molar-refractivity contribution in [2.45, 2.75) is 45.8 Å². The van der Waals surface area contributed by atoms with Gasteiger partial charge in [0, 0.05) is 17.3 Å². The van der Waals surface area contributed by atoms with Gasteiger partial charge in [0.15, 0.2) is 10.8 Å². The van der Waals surface area contributed by atoms with E-state index in [1.165, 1.54) is 0 Å². The summed E-state index contributed by atoms with van der Waals surface area (Å²) in [6.45, 7) is 4.57. The van der Waals surface area contributed by atoms with E-state index in [9.17, 15) is 4.79 Å². The minimum absolute atomic E-state index is 0.232. The van der Waals surface area contributed by atoms with Crippen LogP contribution in [0.5, 0.6) is 5.75 Å². The molecule has 1 aliphatic rings. The smallest absolute Gasteiger partial charge is 0.160 e. The number of allylic oxidation sites excluding steroid dienone is 1. The lowest BCUT2D eigenvalue weighted by Crippen LogP contribution is -2.06. The Labute approximate surface area is 179 Å². The Morgan fingerprint density at radius 2 is 2.10 bits per heavy atom. The lowest BCUT2D eigenvalue weighted by molar-refractivity contribution is -0.105. The quantitative estimate of drug-likeness (QED) is 0.469. The SMILES string of the molecule is CCC(C)n1nc(Cl)c2cc(COc3ccc4c(c3)CCC(C=O)=C4Cl)cnc21. The van der Waals surface area contributed by atoms with E-state index in [0.717, 1.165) is 52.6 Å². The maximum atomic E-state index is 11.1. The van der Waals surface area contributed by atoms with Gasteiger partial charge in [-0.05, 0) is 61.6 Å². The molecule has 7 heteroatoms. The summed E-state index contributed by atoms with van der Waals surface area (Å²) in [5.41, 5.74) is 4.35. The number of aldehydes is 1. The van der Waals surface area contributed by atoms with Crippen LogP contribution < -0.4 is 4.74 Å². The van der Waals surface area contributed by atoms with Crippen LogP contribution in [0, 0.1) is 0 Å². The first-order valence-corrected chi connectivity index (χ1v) is 10.4. The Bertz CT molecular complexity index is 1120. The van der Waals surface area contributed by atoms with Crippen molar-refractivity contribution < 1.29 is 9.53 Å². The fourth-order valence-electron chi connectivity index (χ4n) is 3.50. The van der Waals surface area contributed by atoms with Crippen LogP contribution in [0.25, 0.3) is 16.1 Å². The Kier molecular flexibility index (Phi) is 5.61. The van der Waals surface area contributed by atoms with Gasteiger partial charge >= 0.3 is 0 Å². The molecular weight excluding hydrogens is 409 g/mol. The maximum Gasteiger partial charge on any atom is 0.160 e. The largest absolute Gasteiger partial charge is 0.489 e. The summed E-state index contributed by atoms with van der Waals surface area (Å²) in [5.74, 6) is 0.754. The summed E-state index contributed by atoms with van der Waals surface area (Å²) in [7, 11) is 0. The molecule has 0 spiro atoms. The molecule has 5 nitrogen and oxygen atoms in total. The number of fused-ring (bicyclic) bond motifs is 2. The molecule has 0 amide bonds. The summed E-state index contributed by atoms with van der Waals surface area (Å²) in [6, 6.07) is 7.97. The van der Waals surface area contributed by atoms with Gasteiger partial charge in [-0.25, -0.2) is 9.67 Å². The van der Waals surface area contributed by atoms with Crippen LogP contribution in [0.4, 0.5) is 0 Å². The zero-order valence-corrected chi connectivity index (χ0v) is 17.8. The third kappa shape index (κ3) is 3.77. The molecule has 0 aliphatic heterocycles. The topological polar surface area (TPSA) is 57.0 Å². The second-order valence-electron chi connectivity index (χ2n) is 7.27. The van der Waals surface area contributed by atoms with Gasteiger partial charge in [-0.2, -0.15) is 5.10 Å². The number of ether oxygens (including phenoxy) is 1. The molecule has 0 N–H and O–H groups in total. The highest BCUT2D eigenvalue weighted by molar-refractivity contribution is 6.50. The summed E-state index contributed by atoms with van der Waals surface area (Å²) in [6.07, 6.45) is 5.01. The summed E-state index contributed by atoms with van der Waals surface area (Å²) in [4.78, 5) is 15.7. The normalized spacial score (nSPS) is 14.8. The van der Waals surface area contributed by atoms with Crippen LogP contribution in [0.3, 0.4) is 0 Å². The van der Waals surface area contributed by atoms with Crippen molar-refractivity contribution in [3.05, 3.63) is 57.9 Å². The first-order chi connectivity index (χ1) is 14.0. The number of halogens is 2. The fourth-order valence-corrected chi connectivity index (χ4v) is 4.04. The number of hydrogen-bond acceptors (Lipinski definition) is 4. The zero-order chi connectivity index (χ0) is 20.5. The van der Waals surface area contributed by atoms with Gasteiger partial charge in [0.25, 0.3) is 0 Å². The van der Waals surface area contributed by atoms with E-state index in [0.29, 0.717) is 28.8 Å². The summed E-state index contributed by atoms with van der Waals surface area (Å²) in [5, 5.41) is 6.25. The van der Waals surface area contributed by atoms with E-state index in [-0.39, 0.29) is 6.04 Å². The number of benzene rings is 1. The Morgan fingerprint density at radius 3 is 2.86 bits per heavy atom. The molecule has 150 valence electrons. The van der Waals surface area contributed by atoms with Crippen LogP contribution in [0.2, 0.25) is 5.15 Å². The summed E-state index contributed by atoms with van der Waals surface area (Å²) < 4.78 is 7.84. The van der Waals surface area contributed by atoms with E-state index >= 15 is 0 Å². The van der Waals surface area contributed by atoms with E-state index < -0.39 is 0 Å². The number of aromatic nitrogens is 3. The lowest BCUT2D eigenvalue weighted by atomic mass is 9.92. The first-order valence-electron chi connectivity index (χ1n) is 9.64. The number of carbonyl (C=O) groups is 1. The van der Waals surface area contributed by atoms with Gasteiger partial charge in [-0.3, -0.25) is 4.79 Å². The monoisotopic (exact) mass is 429 g/mol. The van der Waals surface area contributed by atoms with Gasteiger partial charge in [-0.1, -0.05) is 30.1 Å². The van der Waals surface area contributed by atoms with Crippen LogP contribution in [-0.4, -0.2) is 21.1 Å². The number of rotatable bonds is 6. The zero-order valence-electron chi connectivity index (χ0n) is 16.3. The van der Waals surface area contributed by atoms with Gasteiger partial charge < -0.3 is 4.74 Å².